The van der Waals surface area contributed by atoms with Crippen LogP contribution in [0.5, 0.6) is 0 Å². The summed E-state index contributed by atoms with van der Waals surface area (Å²) in [5.74, 6) is 0.756. The maximum atomic E-state index is 5.37. The van der Waals surface area contributed by atoms with Gasteiger partial charge in [-0.25, -0.2) is 0 Å². The molecular formula is C13H26N2O. The van der Waals surface area contributed by atoms with Crippen LogP contribution in [-0.2, 0) is 4.74 Å². The summed E-state index contributed by atoms with van der Waals surface area (Å²) in [5, 5.41) is 3.57. The van der Waals surface area contributed by atoms with Crippen molar-refractivity contribution < 1.29 is 4.74 Å². The van der Waals surface area contributed by atoms with Gasteiger partial charge in [-0.2, -0.15) is 0 Å². The molecule has 3 nitrogen and oxygen atoms in total. The highest BCUT2D eigenvalue weighted by molar-refractivity contribution is 4.87. The summed E-state index contributed by atoms with van der Waals surface area (Å²) in [6.45, 7) is 11.4. The smallest absolute Gasteiger partial charge is 0.0507 e. The van der Waals surface area contributed by atoms with Crippen molar-refractivity contribution >= 4 is 0 Å². The van der Waals surface area contributed by atoms with E-state index in [0.29, 0.717) is 5.54 Å². The lowest BCUT2D eigenvalue weighted by atomic mass is 10.0. The van der Waals surface area contributed by atoms with Gasteiger partial charge in [-0.05, 0) is 45.6 Å². The first-order valence-corrected chi connectivity index (χ1v) is 6.72. The standard InChI is InChI=1S/C13H26N2O/c1-13(2)5-3-7-15(13)8-6-14-10-12-4-9-16-11-12/h12,14H,3-11H2,1-2H3. The van der Waals surface area contributed by atoms with E-state index in [-0.39, 0.29) is 0 Å². The van der Waals surface area contributed by atoms with Crippen molar-refractivity contribution in [3.8, 4) is 0 Å². The Balaban J connectivity index is 1.57. The minimum absolute atomic E-state index is 0.429. The minimum atomic E-state index is 0.429. The summed E-state index contributed by atoms with van der Waals surface area (Å²) < 4.78 is 5.37. The zero-order valence-electron chi connectivity index (χ0n) is 10.8. The Morgan fingerprint density at radius 1 is 1.44 bits per heavy atom. The molecule has 0 saturated carbocycles. The molecule has 1 unspecified atom stereocenters. The van der Waals surface area contributed by atoms with Crippen LogP contribution < -0.4 is 5.32 Å². The monoisotopic (exact) mass is 226 g/mol. The third-order valence-electron chi connectivity index (χ3n) is 4.09. The van der Waals surface area contributed by atoms with E-state index in [1.165, 1.54) is 32.4 Å². The molecule has 1 N–H and O–H groups in total. The molecule has 2 fully saturated rings. The van der Waals surface area contributed by atoms with Gasteiger partial charge in [0, 0.05) is 31.8 Å². The zero-order valence-corrected chi connectivity index (χ0v) is 10.8. The molecule has 0 radical (unpaired) electrons. The van der Waals surface area contributed by atoms with Crippen LogP contribution in [0.2, 0.25) is 0 Å². The number of ether oxygens (including phenoxy) is 1. The molecule has 2 saturated heterocycles. The second kappa shape index (κ2) is 5.48. The third-order valence-corrected chi connectivity index (χ3v) is 4.09. The number of nitrogens with zero attached hydrogens (tertiary/aromatic N) is 1. The zero-order chi connectivity index (χ0) is 11.4. The minimum Gasteiger partial charge on any atom is -0.381 e. The van der Waals surface area contributed by atoms with E-state index in [4.69, 9.17) is 4.74 Å². The Kier molecular flexibility index (Phi) is 4.22. The molecule has 94 valence electrons. The summed E-state index contributed by atoms with van der Waals surface area (Å²) >= 11 is 0. The van der Waals surface area contributed by atoms with Crippen molar-refractivity contribution in [2.24, 2.45) is 5.92 Å². The maximum absolute atomic E-state index is 5.37. The van der Waals surface area contributed by atoms with Crippen LogP contribution in [0, 0.1) is 5.92 Å². The van der Waals surface area contributed by atoms with Gasteiger partial charge in [-0.3, -0.25) is 4.90 Å². The van der Waals surface area contributed by atoms with Crippen LogP contribution in [0.4, 0.5) is 0 Å². The molecule has 16 heavy (non-hydrogen) atoms. The SMILES string of the molecule is CC1(C)CCCN1CCNCC1CCOC1. The highest BCUT2D eigenvalue weighted by atomic mass is 16.5. The van der Waals surface area contributed by atoms with Gasteiger partial charge in [-0.1, -0.05) is 0 Å². The summed E-state index contributed by atoms with van der Waals surface area (Å²) in [5.41, 5.74) is 0.429. The van der Waals surface area contributed by atoms with Crippen molar-refractivity contribution in [3.63, 3.8) is 0 Å². The lowest BCUT2D eigenvalue weighted by Crippen LogP contribution is -2.42. The van der Waals surface area contributed by atoms with E-state index in [9.17, 15) is 0 Å². The van der Waals surface area contributed by atoms with Gasteiger partial charge in [0.05, 0.1) is 6.61 Å². The summed E-state index contributed by atoms with van der Waals surface area (Å²) in [4.78, 5) is 2.62. The van der Waals surface area contributed by atoms with Gasteiger partial charge in [0.25, 0.3) is 0 Å². The first-order chi connectivity index (χ1) is 7.68. The number of rotatable bonds is 5. The fraction of sp³-hybridized carbons (Fsp3) is 1.00. The van der Waals surface area contributed by atoms with Crippen LogP contribution in [-0.4, -0.2) is 49.8 Å². The van der Waals surface area contributed by atoms with Gasteiger partial charge < -0.3 is 10.1 Å². The molecule has 0 aromatic carbocycles. The molecule has 2 aliphatic heterocycles. The van der Waals surface area contributed by atoms with Gasteiger partial charge in [-0.15, -0.1) is 0 Å². The van der Waals surface area contributed by atoms with Gasteiger partial charge >= 0.3 is 0 Å². The van der Waals surface area contributed by atoms with Gasteiger partial charge in [0.15, 0.2) is 0 Å². The predicted molar refractivity (Wildman–Crippen MR) is 66.7 cm³/mol. The Morgan fingerprint density at radius 2 is 2.31 bits per heavy atom. The lowest BCUT2D eigenvalue weighted by molar-refractivity contribution is 0.172. The third kappa shape index (κ3) is 3.19. The molecule has 0 bridgehead atoms. The molecule has 1 atom stereocenters. The van der Waals surface area contributed by atoms with E-state index in [1.807, 2.05) is 0 Å². The average molecular weight is 226 g/mol. The fourth-order valence-corrected chi connectivity index (χ4v) is 2.84. The van der Waals surface area contributed by atoms with Crippen LogP contribution in [0.1, 0.15) is 33.1 Å². The molecule has 0 aliphatic carbocycles. The molecule has 2 aliphatic rings. The van der Waals surface area contributed by atoms with E-state index in [0.717, 1.165) is 32.2 Å². The molecule has 0 amide bonds. The highest BCUT2D eigenvalue weighted by Crippen LogP contribution is 2.27. The normalized spacial score (nSPS) is 30.0. The molecule has 2 rings (SSSR count). The van der Waals surface area contributed by atoms with Crippen molar-refractivity contribution in [2.45, 2.75) is 38.6 Å². The molecule has 2 heterocycles. The van der Waals surface area contributed by atoms with E-state index < -0.39 is 0 Å². The molecule has 0 aromatic rings. The largest absolute Gasteiger partial charge is 0.381 e. The Labute approximate surface area is 99.5 Å². The molecule has 0 spiro atoms. The van der Waals surface area contributed by atoms with Crippen LogP contribution in [0.15, 0.2) is 0 Å². The quantitative estimate of drug-likeness (QED) is 0.719. The predicted octanol–water partition coefficient (Wildman–Crippen LogP) is 1.49. The Hall–Kier alpha value is -0.120. The van der Waals surface area contributed by atoms with Crippen LogP contribution >= 0.6 is 0 Å². The molecular weight excluding hydrogens is 200 g/mol. The first kappa shape index (κ1) is 12.3. The van der Waals surface area contributed by atoms with Crippen molar-refractivity contribution in [1.29, 1.82) is 0 Å². The van der Waals surface area contributed by atoms with Crippen LogP contribution in [0.25, 0.3) is 0 Å². The Bertz CT molecular complexity index is 212. The van der Waals surface area contributed by atoms with E-state index in [1.54, 1.807) is 0 Å². The number of hydrogen-bond acceptors (Lipinski definition) is 3. The number of hydrogen-bond donors (Lipinski definition) is 1. The second-order valence-electron chi connectivity index (χ2n) is 5.84. The summed E-state index contributed by atoms with van der Waals surface area (Å²) in [7, 11) is 0. The fourth-order valence-electron chi connectivity index (χ4n) is 2.84. The van der Waals surface area contributed by atoms with E-state index >= 15 is 0 Å². The van der Waals surface area contributed by atoms with E-state index in [2.05, 4.69) is 24.1 Å². The van der Waals surface area contributed by atoms with Crippen molar-refractivity contribution in [2.75, 3.05) is 39.4 Å². The van der Waals surface area contributed by atoms with Crippen LogP contribution in [0.3, 0.4) is 0 Å². The number of nitrogens with one attached hydrogen (secondary N) is 1. The molecule has 3 heteroatoms. The van der Waals surface area contributed by atoms with Crippen molar-refractivity contribution in [1.82, 2.24) is 10.2 Å². The second-order valence-corrected chi connectivity index (χ2v) is 5.84. The topological polar surface area (TPSA) is 24.5 Å². The first-order valence-electron chi connectivity index (χ1n) is 6.72. The average Bonchev–Trinajstić information content (AvgIpc) is 2.83. The highest BCUT2D eigenvalue weighted by Gasteiger charge is 2.30. The lowest BCUT2D eigenvalue weighted by Gasteiger charge is -2.31. The van der Waals surface area contributed by atoms with Gasteiger partial charge in [0.1, 0.15) is 0 Å². The Morgan fingerprint density at radius 3 is 2.94 bits per heavy atom. The molecule has 0 aromatic heterocycles. The summed E-state index contributed by atoms with van der Waals surface area (Å²) in [6, 6.07) is 0. The van der Waals surface area contributed by atoms with Crippen molar-refractivity contribution in [3.05, 3.63) is 0 Å². The maximum Gasteiger partial charge on any atom is 0.0507 e. The number of likely N-dealkylation sites (tertiary alicyclic amines) is 1. The summed E-state index contributed by atoms with van der Waals surface area (Å²) in [6.07, 6.45) is 3.95. The van der Waals surface area contributed by atoms with Gasteiger partial charge in [0.2, 0.25) is 0 Å².